The van der Waals surface area contributed by atoms with E-state index in [0.29, 0.717) is 5.75 Å². The highest BCUT2D eigenvalue weighted by molar-refractivity contribution is 7.97. The molecule has 0 spiro atoms. The van der Waals surface area contributed by atoms with Crippen molar-refractivity contribution in [3.8, 4) is 36.8 Å². The van der Waals surface area contributed by atoms with Crippen LogP contribution in [0.4, 0.5) is 0 Å². The van der Waals surface area contributed by atoms with Crippen LogP contribution in [0.25, 0.3) is 133 Å². The van der Waals surface area contributed by atoms with Gasteiger partial charge in [-0.05, 0) is 259 Å². The second kappa shape index (κ2) is 36.6. The number of aromatic hydroxyl groups is 1. The quantitative estimate of drug-likeness (QED) is 0.0871. The second-order valence-corrected chi connectivity index (χ2v) is 41.5. The van der Waals surface area contributed by atoms with Gasteiger partial charge < -0.3 is 14.6 Å². The molecule has 0 aliphatic heterocycles. The summed E-state index contributed by atoms with van der Waals surface area (Å²) >= 11 is 0. The van der Waals surface area contributed by atoms with Gasteiger partial charge >= 0.3 is 0 Å². The molecule has 602 valence electrons. The average molecular weight is 1690 g/mol. The minimum absolute atomic E-state index is 0.0269. The predicted octanol–water partition coefficient (Wildman–Crippen LogP) is 34.7. The monoisotopic (exact) mass is 1690 g/mol. The molecule has 8 heteroatoms. The SMILES string of the molecule is CCCCCCOc1c(C)cc(-[s+]2c3ccccc3c3ccccc32)cc1C.COc1c(C)cc(-[s+]2c3ccccc3c3ccccc32)cc1C.Cc1cc(-[s+]2c3ccccc3c3ccccc32)cc(C)c1O.c1ccc(-[s+]2c3ccccc3c3ccccc32)cc1.c1ccc2cc([S+](c3ccc4ccccc4c3)c3ccc4ccccc4c3)ccc2c1. The normalized spacial score (nSPS) is 11.4. The fourth-order valence-corrected chi connectivity index (χ4v) is 29.9. The number of phenolic OH excluding ortho intramolecular Hbond substituents is 1. The Labute approximate surface area is 735 Å². The molecule has 0 fully saturated rings. The Balaban J connectivity index is 0.000000106. The molecule has 0 saturated carbocycles. The summed E-state index contributed by atoms with van der Waals surface area (Å²) < 4.78 is 23.1. The number of hydrogen-bond acceptors (Lipinski definition) is 3. The summed E-state index contributed by atoms with van der Waals surface area (Å²) in [6, 6.07) is 141. The van der Waals surface area contributed by atoms with E-state index in [9.17, 15) is 5.11 Å². The number of ether oxygens (including phenoxy) is 2. The molecule has 4 heterocycles. The topological polar surface area (TPSA) is 38.7 Å². The third kappa shape index (κ3) is 16.5. The summed E-state index contributed by atoms with van der Waals surface area (Å²) in [5.74, 6) is 2.48. The zero-order valence-corrected chi connectivity index (χ0v) is 74.9. The van der Waals surface area contributed by atoms with Crippen LogP contribution < -0.4 is 9.47 Å². The van der Waals surface area contributed by atoms with Gasteiger partial charge in [0.15, 0.2) is 71.9 Å². The fourth-order valence-electron chi connectivity index (χ4n) is 17.6. The summed E-state index contributed by atoms with van der Waals surface area (Å²) in [5, 5.41) is 28.8. The summed E-state index contributed by atoms with van der Waals surface area (Å²) in [6.45, 7) is 15.7. The van der Waals surface area contributed by atoms with Crippen molar-refractivity contribution < 1.29 is 14.6 Å². The Bertz CT molecular complexity index is 7160. The van der Waals surface area contributed by atoms with E-state index < -0.39 is 0 Å². The van der Waals surface area contributed by atoms with Crippen LogP contribution in [0.2, 0.25) is 0 Å². The molecule has 0 bridgehead atoms. The van der Waals surface area contributed by atoms with Crippen LogP contribution in [-0.2, 0) is 10.9 Å². The molecule has 0 aliphatic rings. The molecule has 123 heavy (non-hydrogen) atoms. The van der Waals surface area contributed by atoms with E-state index in [-0.39, 0.29) is 52.8 Å². The fraction of sp³-hybridized carbons (Fsp3) is 0.113. The van der Waals surface area contributed by atoms with E-state index in [1.54, 1.807) is 7.11 Å². The second-order valence-electron chi connectivity index (χ2n) is 31.6. The Hall–Kier alpha value is -12.6. The van der Waals surface area contributed by atoms with Crippen LogP contribution >= 0.6 is 41.9 Å². The number of unbranched alkanes of at least 4 members (excludes halogenated alkanes) is 3. The molecule has 0 atom stereocenters. The maximum atomic E-state index is 10.1. The zero-order valence-electron chi connectivity index (χ0n) is 70.8. The minimum atomic E-state index is -0.183. The largest absolute Gasteiger partial charge is 0.507 e. The first kappa shape index (κ1) is 81.4. The van der Waals surface area contributed by atoms with E-state index in [4.69, 9.17) is 9.47 Å². The number of rotatable bonds is 14. The molecule has 3 nitrogen and oxygen atoms in total. The molecule has 22 aromatic rings. The Kier molecular flexibility index (Phi) is 24.2. The van der Waals surface area contributed by atoms with Gasteiger partial charge in [-0.2, -0.15) is 0 Å². The van der Waals surface area contributed by atoms with Crippen molar-refractivity contribution in [2.24, 2.45) is 0 Å². The molecule has 0 aliphatic carbocycles. The summed E-state index contributed by atoms with van der Waals surface area (Å²) in [7, 11) is 1.48. The van der Waals surface area contributed by atoms with Gasteiger partial charge in [-0.1, -0.05) is 214 Å². The summed E-state index contributed by atoms with van der Waals surface area (Å²) in [6.07, 6.45) is 4.95. The molecule has 0 amide bonds. The summed E-state index contributed by atoms with van der Waals surface area (Å²) in [4.78, 5) is 9.51. The third-order valence-electron chi connectivity index (χ3n) is 23.4. The van der Waals surface area contributed by atoms with Crippen LogP contribution in [0.1, 0.15) is 66.0 Å². The van der Waals surface area contributed by atoms with Gasteiger partial charge in [0.2, 0.25) is 0 Å². The molecule has 0 saturated heterocycles. The van der Waals surface area contributed by atoms with Crippen LogP contribution in [0.15, 0.2) is 403 Å². The van der Waals surface area contributed by atoms with Gasteiger partial charge in [0.05, 0.1) is 24.6 Å². The number of methoxy groups -OCH3 is 1. The minimum Gasteiger partial charge on any atom is -0.507 e. The number of phenols is 1. The smallest absolute Gasteiger partial charge is 0.187 e. The van der Waals surface area contributed by atoms with E-state index in [1.807, 2.05) is 13.8 Å². The van der Waals surface area contributed by atoms with Gasteiger partial charge in [0.1, 0.15) is 17.2 Å². The van der Waals surface area contributed by atoms with Gasteiger partial charge in [-0.25, -0.2) is 0 Å². The molecule has 4 aromatic heterocycles. The maximum Gasteiger partial charge on any atom is 0.187 e. The van der Waals surface area contributed by atoms with Crippen LogP contribution in [0, 0.1) is 41.5 Å². The van der Waals surface area contributed by atoms with Gasteiger partial charge in [-0.15, -0.1) is 0 Å². The number of aryl methyl sites for hydroxylation is 6. The first-order chi connectivity index (χ1) is 60.4. The maximum absolute atomic E-state index is 10.1. The number of thiophene rings is 4. The summed E-state index contributed by atoms with van der Waals surface area (Å²) in [5.41, 5.74) is 6.81. The Morgan fingerprint density at radius 2 is 0.496 bits per heavy atom. The van der Waals surface area contributed by atoms with Crippen molar-refractivity contribution in [3.63, 3.8) is 0 Å². The van der Waals surface area contributed by atoms with E-state index in [1.165, 1.54) is 189 Å². The molecular formula is C115H99O3S5+5. The highest BCUT2D eigenvalue weighted by Gasteiger charge is 2.32. The van der Waals surface area contributed by atoms with Crippen molar-refractivity contribution in [2.45, 2.75) is 88.8 Å². The molecule has 18 aromatic carbocycles. The Morgan fingerprint density at radius 1 is 0.244 bits per heavy atom. The predicted molar refractivity (Wildman–Crippen MR) is 541 cm³/mol. The Morgan fingerprint density at radius 3 is 0.789 bits per heavy atom. The lowest BCUT2D eigenvalue weighted by atomic mass is 10.1. The molecule has 1 N–H and O–H groups in total. The molecule has 22 rings (SSSR count). The lowest BCUT2D eigenvalue weighted by molar-refractivity contribution is 0.301. The van der Waals surface area contributed by atoms with Crippen molar-refractivity contribution >= 4 is 166 Å². The average Bonchev–Trinajstić information content (AvgIpc) is 1.71. The van der Waals surface area contributed by atoms with Gasteiger partial charge in [-0.3, -0.25) is 0 Å². The number of hydrogen-bond donors (Lipinski definition) is 1. The van der Waals surface area contributed by atoms with Crippen molar-refractivity contribution in [3.05, 3.63) is 422 Å². The highest BCUT2D eigenvalue weighted by atomic mass is 32.2. The van der Waals surface area contributed by atoms with E-state index in [0.717, 1.165) is 35.7 Å². The van der Waals surface area contributed by atoms with E-state index >= 15 is 0 Å². The molecule has 0 radical (unpaired) electrons. The lowest BCUT2D eigenvalue weighted by Gasteiger charge is -2.12. The van der Waals surface area contributed by atoms with Crippen molar-refractivity contribution in [1.29, 1.82) is 0 Å². The standard InChI is InChI=1S/C30H21S.C26H29OS.C21H19OS.C20H16OS.C18H13S/c1-4-10-25-19-28(16-13-22(25)7-1)31(29-17-14-23-8-2-5-11-26(23)20-29)30-18-15-24-9-3-6-12-27(24)21-30;1-4-5-6-11-16-27-26-19(2)17-21(18-20(26)3)28-24-14-9-7-12-22(24)23-13-8-10-15-25(23)28;1-14-12-16(13-15(2)21(14)22-3)23-19-10-6-4-8-17(19)18-9-5-7-11-20(18)23;1-13-11-15(12-14(2)20(13)21)22-18-9-5-3-7-16(18)17-8-4-6-10-19(17)22;1-2-8-14(9-3-1)19-17-12-6-4-10-15(17)16-11-5-7-13-18(16)19/h1-21H;7-10,12-15,17-18H,4-6,11,16H2,1-3H3;4-13H,1-3H3;3-12H,1-2H3;1-13H/q3*+1;;+1/p+1. The zero-order chi connectivity index (χ0) is 84.0. The molecule has 0 unspecified atom stereocenters. The lowest BCUT2D eigenvalue weighted by Crippen LogP contribution is -2.05. The molecular weight excluding hydrogens is 1590 g/mol. The van der Waals surface area contributed by atoms with Crippen molar-refractivity contribution in [1.82, 2.24) is 0 Å². The van der Waals surface area contributed by atoms with Crippen LogP contribution in [-0.4, -0.2) is 18.8 Å². The third-order valence-corrected chi connectivity index (χ3v) is 34.8. The van der Waals surface area contributed by atoms with Gasteiger partial charge in [0.25, 0.3) is 0 Å². The van der Waals surface area contributed by atoms with Crippen LogP contribution in [0.5, 0.6) is 17.2 Å². The highest BCUT2D eigenvalue weighted by Crippen LogP contribution is 2.54. The van der Waals surface area contributed by atoms with E-state index in [2.05, 4.69) is 423 Å². The van der Waals surface area contributed by atoms with Gasteiger partial charge in [0, 0.05) is 140 Å². The van der Waals surface area contributed by atoms with Crippen LogP contribution in [0.3, 0.4) is 0 Å². The number of benzene rings is 18. The number of fused-ring (bicyclic) bond motifs is 15. The first-order valence-corrected chi connectivity index (χ1v) is 48.7. The first-order valence-electron chi connectivity index (χ1n) is 42.5. The van der Waals surface area contributed by atoms with Crippen molar-refractivity contribution in [2.75, 3.05) is 13.7 Å².